The minimum absolute atomic E-state index is 0.0596. The van der Waals surface area contributed by atoms with Gasteiger partial charge in [0, 0.05) is 37.3 Å². The Morgan fingerprint density at radius 3 is 2.45 bits per heavy atom. The predicted molar refractivity (Wildman–Crippen MR) is 111 cm³/mol. The topological polar surface area (TPSA) is 73.7 Å². The van der Waals surface area contributed by atoms with Crippen molar-refractivity contribution in [2.75, 3.05) is 30.3 Å². The van der Waals surface area contributed by atoms with E-state index in [1.54, 1.807) is 0 Å². The van der Waals surface area contributed by atoms with Crippen LogP contribution in [0, 0.1) is 16.7 Å². The van der Waals surface area contributed by atoms with Crippen molar-refractivity contribution >= 4 is 15.8 Å². The molecule has 2 aliphatic carbocycles. The number of hydrogen-bond donors (Lipinski definition) is 1. The number of aliphatic hydroxyl groups excluding tert-OH is 1. The highest BCUT2D eigenvalue weighted by molar-refractivity contribution is 7.89. The summed E-state index contributed by atoms with van der Waals surface area (Å²) in [6.07, 6.45) is -1.91. The number of sulfonamides is 1. The van der Waals surface area contributed by atoms with Gasteiger partial charge in [-0.2, -0.15) is 17.5 Å². The number of alkyl halides is 3. The fourth-order valence-electron chi connectivity index (χ4n) is 6.04. The molecule has 0 aromatic carbocycles. The van der Waals surface area contributed by atoms with Crippen LogP contribution in [-0.4, -0.2) is 60.3 Å². The van der Waals surface area contributed by atoms with Crippen molar-refractivity contribution in [3.63, 3.8) is 0 Å². The van der Waals surface area contributed by atoms with Gasteiger partial charge in [-0.3, -0.25) is 0 Å². The SMILES string of the molecule is C[C@H]1CN(S(=O)(=O)C[C@]23CC[C@@H](CC2O)C3(C)C)CCN1c1ccc(C(F)(F)F)cn1. The lowest BCUT2D eigenvalue weighted by Gasteiger charge is -2.44. The summed E-state index contributed by atoms with van der Waals surface area (Å²) in [7, 11) is -3.60. The standard InChI is InChI=1S/C21H30F3N3O3S/c1-14-12-26(8-9-27(14)18-5-4-16(11-25-18)21(22,23)24)31(29,30)13-20-7-6-15(10-17(20)28)19(20,2)3/h4-5,11,14-15,17,28H,6-10,12-13H2,1-3H3/t14-,15-,17?,20+/m0/s1. The molecule has 4 atom stereocenters. The van der Waals surface area contributed by atoms with E-state index in [0.29, 0.717) is 24.7 Å². The molecule has 174 valence electrons. The first-order valence-corrected chi connectivity index (χ1v) is 12.3. The molecule has 1 aromatic heterocycles. The molecule has 6 nitrogen and oxygen atoms in total. The van der Waals surface area contributed by atoms with E-state index in [-0.39, 0.29) is 30.3 Å². The molecular weight excluding hydrogens is 431 g/mol. The molecule has 0 spiro atoms. The Morgan fingerprint density at radius 1 is 1.26 bits per heavy atom. The van der Waals surface area contributed by atoms with Crippen LogP contribution in [0.15, 0.2) is 18.3 Å². The van der Waals surface area contributed by atoms with E-state index in [1.807, 2.05) is 11.8 Å². The zero-order chi connectivity index (χ0) is 22.8. The van der Waals surface area contributed by atoms with E-state index in [9.17, 15) is 26.7 Å². The number of nitrogens with zero attached hydrogens (tertiary/aromatic N) is 3. The number of aromatic nitrogens is 1. The third-order valence-corrected chi connectivity index (χ3v) is 10.2. The number of fused-ring (bicyclic) bond motifs is 2. The van der Waals surface area contributed by atoms with Gasteiger partial charge in [0.05, 0.1) is 17.4 Å². The largest absolute Gasteiger partial charge is 0.417 e. The number of pyridine rings is 1. The van der Waals surface area contributed by atoms with Crippen molar-refractivity contribution in [2.45, 2.75) is 58.4 Å². The van der Waals surface area contributed by atoms with Gasteiger partial charge >= 0.3 is 6.18 Å². The van der Waals surface area contributed by atoms with Crippen LogP contribution in [0.1, 0.15) is 45.6 Å². The van der Waals surface area contributed by atoms with Gasteiger partial charge in [0.25, 0.3) is 0 Å². The first-order valence-electron chi connectivity index (χ1n) is 10.7. The molecule has 1 saturated heterocycles. The molecule has 0 amide bonds. The van der Waals surface area contributed by atoms with Crippen molar-refractivity contribution in [1.82, 2.24) is 9.29 Å². The Balaban J connectivity index is 1.47. The van der Waals surface area contributed by atoms with E-state index >= 15 is 0 Å². The first-order chi connectivity index (χ1) is 14.3. The summed E-state index contributed by atoms with van der Waals surface area (Å²) < 4.78 is 66.6. The maximum absolute atomic E-state index is 13.4. The summed E-state index contributed by atoms with van der Waals surface area (Å²) >= 11 is 0. The number of halogens is 3. The highest BCUT2D eigenvalue weighted by atomic mass is 32.2. The molecule has 4 rings (SSSR count). The quantitative estimate of drug-likeness (QED) is 0.746. The van der Waals surface area contributed by atoms with E-state index < -0.39 is 33.3 Å². The molecule has 2 heterocycles. The molecule has 2 bridgehead atoms. The maximum Gasteiger partial charge on any atom is 0.417 e. The molecule has 1 N–H and O–H groups in total. The van der Waals surface area contributed by atoms with Gasteiger partial charge in [0.15, 0.2) is 0 Å². The summed E-state index contributed by atoms with van der Waals surface area (Å²) in [5.41, 5.74) is -1.65. The molecule has 2 saturated carbocycles. The van der Waals surface area contributed by atoms with Gasteiger partial charge in [-0.15, -0.1) is 0 Å². The zero-order valence-corrected chi connectivity index (χ0v) is 18.9. The van der Waals surface area contributed by atoms with Crippen LogP contribution < -0.4 is 4.90 Å². The Hall–Kier alpha value is -1.39. The van der Waals surface area contributed by atoms with Crippen LogP contribution in [0.25, 0.3) is 0 Å². The molecule has 1 aromatic rings. The zero-order valence-electron chi connectivity index (χ0n) is 18.1. The van der Waals surface area contributed by atoms with Crippen LogP contribution in [0.3, 0.4) is 0 Å². The smallest absolute Gasteiger partial charge is 0.392 e. The van der Waals surface area contributed by atoms with E-state index in [0.717, 1.165) is 25.1 Å². The first kappa shape index (κ1) is 22.8. The normalized spacial score (nSPS) is 33.8. The highest BCUT2D eigenvalue weighted by Crippen LogP contribution is 2.66. The number of anilines is 1. The van der Waals surface area contributed by atoms with E-state index in [4.69, 9.17) is 0 Å². The predicted octanol–water partition coefficient (Wildman–Crippen LogP) is 3.13. The van der Waals surface area contributed by atoms with Gasteiger partial charge in [0.2, 0.25) is 10.0 Å². The molecular formula is C21H30F3N3O3S. The number of aliphatic hydroxyl groups is 1. The van der Waals surface area contributed by atoms with Gasteiger partial charge in [0.1, 0.15) is 5.82 Å². The number of rotatable bonds is 4. The second kappa shape index (κ2) is 7.31. The van der Waals surface area contributed by atoms with Crippen LogP contribution in [0.4, 0.5) is 19.0 Å². The van der Waals surface area contributed by atoms with Gasteiger partial charge in [-0.05, 0) is 49.7 Å². The second-order valence-corrected chi connectivity index (χ2v) is 11.9. The minimum atomic E-state index is -4.44. The second-order valence-electron chi connectivity index (χ2n) is 9.92. The van der Waals surface area contributed by atoms with Crippen molar-refractivity contribution in [3.8, 4) is 0 Å². The molecule has 3 fully saturated rings. The third kappa shape index (κ3) is 3.64. The molecule has 3 aliphatic rings. The van der Waals surface area contributed by atoms with Crippen molar-refractivity contribution in [3.05, 3.63) is 23.9 Å². The van der Waals surface area contributed by atoms with Crippen LogP contribution in [0.5, 0.6) is 0 Å². The fraction of sp³-hybridized carbons (Fsp3) is 0.762. The van der Waals surface area contributed by atoms with Crippen LogP contribution in [0.2, 0.25) is 0 Å². The molecule has 1 unspecified atom stereocenters. The average molecular weight is 462 g/mol. The summed E-state index contributed by atoms with van der Waals surface area (Å²) in [6.45, 7) is 6.83. The summed E-state index contributed by atoms with van der Waals surface area (Å²) in [6, 6.07) is 2.10. The average Bonchev–Trinajstić information content (AvgIpc) is 3.01. The van der Waals surface area contributed by atoms with Crippen LogP contribution in [-0.2, 0) is 16.2 Å². The van der Waals surface area contributed by atoms with E-state index in [1.165, 1.54) is 10.4 Å². The molecule has 1 aliphatic heterocycles. The lowest BCUT2D eigenvalue weighted by molar-refractivity contribution is -0.137. The lowest BCUT2D eigenvalue weighted by Crippen LogP contribution is -2.56. The maximum atomic E-state index is 13.4. The Bertz CT molecular complexity index is 935. The van der Waals surface area contributed by atoms with Gasteiger partial charge in [-0.1, -0.05) is 13.8 Å². The Morgan fingerprint density at radius 2 is 1.97 bits per heavy atom. The minimum Gasteiger partial charge on any atom is -0.392 e. The summed E-state index contributed by atoms with van der Waals surface area (Å²) in [5.74, 6) is 0.692. The molecule has 31 heavy (non-hydrogen) atoms. The summed E-state index contributed by atoms with van der Waals surface area (Å²) in [5, 5.41) is 10.7. The monoisotopic (exact) mass is 461 g/mol. The van der Waals surface area contributed by atoms with Gasteiger partial charge in [-0.25, -0.2) is 13.4 Å². The van der Waals surface area contributed by atoms with Crippen molar-refractivity contribution in [1.29, 1.82) is 0 Å². The fourth-order valence-corrected chi connectivity index (χ4v) is 8.38. The van der Waals surface area contributed by atoms with Gasteiger partial charge < -0.3 is 10.0 Å². The summed E-state index contributed by atoms with van der Waals surface area (Å²) in [4.78, 5) is 5.79. The Labute approximate surface area is 181 Å². The van der Waals surface area contributed by atoms with Crippen molar-refractivity contribution < 1.29 is 26.7 Å². The molecule has 10 heteroatoms. The van der Waals surface area contributed by atoms with Crippen molar-refractivity contribution in [2.24, 2.45) is 16.7 Å². The van der Waals surface area contributed by atoms with Crippen LogP contribution >= 0.6 is 0 Å². The highest BCUT2D eigenvalue weighted by Gasteiger charge is 2.65. The molecule has 0 radical (unpaired) electrons. The van der Waals surface area contributed by atoms with E-state index in [2.05, 4.69) is 18.8 Å². The number of piperazine rings is 1. The number of hydrogen-bond acceptors (Lipinski definition) is 5. The Kier molecular flexibility index (Phi) is 5.38. The third-order valence-electron chi connectivity index (χ3n) is 8.18. The lowest BCUT2D eigenvalue weighted by atomic mass is 9.70.